The summed E-state index contributed by atoms with van der Waals surface area (Å²) in [7, 11) is 4.59. The summed E-state index contributed by atoms with van der Waals surface area (Å²) in [6, 6.07) is 31.1. The standard InChI is InChI=1S/C31H30O6/c1-34-24-16-14-21(15-17-24)28(32)31(29(33)26-20-25(35-2)18-19-27(26)36-3)37-30(22-10-6-4-7-11-22)23-12-8-5-9-13-23/h4-20,28,30-32H,1-3H3/t28-,31+/m1/s1. The van der Waals surface area contributed by atoms with Gasteiger partial charge in [0.2, 0.25) is 0 Å². The van der Waals surface area contributed by atoms with Crippen molar-refractivity contribution in [1.29, 1.82) is 0 Å². The number of carbonyl (C=O) groups excluding carboxylic acids is 1. The molecule has 190 valence electrons. The maximum atomic E-state index is 14.1. The van der Waals surface area contributed by atoms with Gasteiger partial charge in [0, 0.05) is 0 Å². The van der Waals surface area contributed by atoms with Gasteiger partial charge in [-0.15, -0.1) is 0 Å². The molecule has 4 aromatic rings. The van der Waals surface area contributed by atoms with Crippen molar-refractivity contribution in [3.63, 3.8) is 0 Å². The van der Waals surface area contributed by atoms with E-state index in [2.05, 4.69) is 0 Å². The zero-order valence-corrected chi connectivity index (χ0v) is 21.0. The summed E-state index contributed by atoms with van der Waals surface area (Å²) >= 11 is 0. The van der Waals surface area contributed by atoms with Crippen LogP contribution in [0.4, 0.5) is 0 Å². The second-order valence-corrected chi connectivity index (χ2v) is 8.41. The third-order valence-electron chi connectivity index (χ3n) is 6.16. The van der Waals surface area contributed by atoms with Gasteiger partial charge in [0.15, 0.2) is 11.9 Å². The predicted octanol–water partition coefficient (Wildman–Crippen LogP) is 5.80. The Hall–Kier alpha value is -4.13. The first kappa shape index (κ1) is 25.9. The summed E-state index contributed by atoms with van der Waals surface area (Å²) in [4.78, 5) is 14.1. The molecule has 0 bridgehead atoms. The van der Waals surface area contributed by atoms with Crippen LogP contribution in [0.1, 0.15) is 39.3 Å². The Labute approximate surface area is 217 Å². The maximum absolute atomic E-state index is 14.1. The number of ketones is 1. The molecule has 37 heavy (non-hydrogen) atoms. The zero-order chi connectivity index (χ0) is 26.2. The van der Waals surface area contributed by atoms with Crippen LogP contribution < -0.4 is 14.2 Å². The minimum Gasteiger partial charge on any atom is -0.497 e. The van der Waals surface area contributed by atoms with Crippen molar-refractivity contribution in [1.82, 2.24) is 0 Å². The fourth-order valence-electron chi connectivity index (χ4n) is 4.17. The van der Waals surface area contributed by atoms with Gasteiger partial charge >= 0.3 is 0 Å². The second kappa shape index (κ2) is 12.2. The predicted molar refractivity (Wildman–Crippen MR) is 141 cm³/mol. The second-order valence-electron chi connectivity index (χ2n) is 8.41. The summed E-state index contributed by atoms with van der Waals surface area (Å²) in [5.41, 5.74) is 2.47. The summed E-state index contributed by atoms with van der Waals surface area (Å²) in [5.74, 6) is 1.05. The number of aliphatic hydroxyl groups is 1. The number of aliphatic hydroxyl groups excluding tert-OH is 1. The Balaban J connectivity index is 1.81. The molecule has 0 saturated carbocycles. The molecule has 0 saturated heterocycles. The van der Waals surface area contributed by atoms with Crippen LogP contribution in [0, 0.1) is 0 Å². The van der Waals surface area contributed by atoms with Crippen molar-refractivity contribution < 1.29 is 28.8 Å². The lowest BCUT2D eigenvalue weighted by molar-refractivity contribution is -0.0489. The first-order valence-electron chi connectivity index (χ1n) is 11.9. The van der Waals surface area contributed by atoms with Crippen LogP contribution in [-0.2, 0) is 4.74 Å². The maximum Gasteiger partial charge on any atom is 0.198 e. The van der Waals surface area contributed by atoms with Crippen molar-refractivity contribution in [2.24, 2.45) is 0 Å². The number of hydrogen-bond donors (Lipinski definition) is 1. The highest BCUT2D eigenvalue weighted by Crippen LogP contribution is 2.35. The van der Waals surface area contributed by atoms with Gasteiger partial charge in [0.1, 0.15) is 29.5 Å². The molecule has 0 aliphatic heterocycles. The zero-order valence-electron chi connectivity index (χ0n) is 21.0. The van der Waals surface area contributed by atoms with E-state index in [-0.39, 0.29) is 5.56 Å². The highest BCUT2D eigenvalue weighted by molar-refractivity contribution is 6.02. The lowest BCUT2D eigenvalue weighted by atomic mass is 9.94. The Morgan fingerprint density at radius 3 is 1.70 bits per heavy atom. The SMILES string of the molecule is COc1ccc([C@@H](O)[C@H](OC(c2ccccc2)c2ccccc2)C(=O)c2cc(OC)ccc2OC)cc1. The number of carbonyl (C=O) groups is 1. The van der Waals surface area contributed by atoms with E-state index in [1.54, 1.807) is 49.6 Å². The topological polar surface area (TPSA) is 74.2 Å². The van der Waals surface area contributed by atoms with Gasteiger partial charge in [-0.05, 0) is 47.0 Å². The Kier molecular flexibility index (Phi) is 8.56. The smallest absolute Gasteiger partial charge is 0.198 e. The number of rotatable bonds is 11. The summed E-state index contributed by atoms with van der Waals surface area (Å²) in [5, 5.41) is 11.5. The van der Waals surface area contributed by atoms with Gasteiger partial charge in [-0.3, -0.25) is 4.79 Å². The van der Waals surface area contributed by atoms with Gasteiger partial charge in [-0.25, -0.2) is 0 Å². The molecule has 0 aromatic heterocycles. The molecule has 0 heterocycles. The van der Waals surface area contributed by atoms with Gasteiger partial charge in [0.25, 0.3) is 0 Å². The average Bonchev–Trinajstić information content (AvgIpc) is 2.97. The molecule has 0 aliphatic rings. The number of benzene rings is 4. The van der Waals surface area contributed by atoms with E-state index in [0.29, 0.717) is 22.8 Å². The molecule has 0 unspecified atom stereocenters. The van der Waals surface area contributed by atoms with Crippen molar-refractivity contribution in [2.45, 2.75) is 18.3 Å². The monoisotopic (exact) mass is 498 g/mol. The van der Waals surface area contributed by atoms with Crippen molar-refractivity contribution in [3.05, 3.63) is 125 Å². The van der Waals surface area contributed by atoms with Crippen LogP contribution >= 0.6 is 0 Å². The summed E-state index contributed by atoms with van der Waals surface area (Å²) in [6.07, 6.45) is -3.15. The molecule has 0 fully saturated rings. The lowest BCUT2D eigenvalue weighted by Gasteiger charge is -2.29. The minimum atomic E-state index is -1.27. The van der Waals surface area contributed by atoms with E-state index >= 15 is 0 Å². The minimum absolute atomic E-state index is 0.249. The highest BCUT2D eigenvalue weighted by Gasteiger charge is 2.35. The van der Waals surface area contributed by atoms with Crippen LogP contribution in [0.3, 0.4) is 0 Å². The Morgan fingerprint density at radius 1 is 0.649 bits per heavy atom. The van der Waals surface area contributed by atoms with E-state index in [1.165, 1.54) is 14.2 Å². The molecule has 6 nitrogen and oxygen atoms in total. The van der Waals surface area contributed by atoms with Gasteiger partial charge in [-0.1, -0.05) is 72.8 Å². The molecule has 2 atom stereocenters. The highest BCUT2D eigenvalue weighted by atomic mass is 16.5. The molecule has 0 spiro atoms. The van der Waals surface area contributed by atoms with E-state index in [1.807, 2.05) is 60.7 Å². The molecular formula is C31H30O6. The largest absolute Gasteiger partial charge is 0.497 e. The molecule has 4 rings (SSSR count). The van der Waals surface area contributed by atoms with Crippen molar-refractivity contribution in [3.8, 4) is 17.2 Å². The number of methoxy groups -OCH3 is 3. The fourth-order valence-corrected chi connectivity index (χ4v) is 4.17. The molecular weight excluding hydrogens is 468 g/mol. The molecule has 6 heteroatoms. The van der Waals surface area contributed by atoms with E-state index in [9.17, 15) is 9.90 Å². The fraction of sp³-hybridized carbons (Fsp3) is 0.194. The lowest BCUT2D eigenvalue weighted by Crippen LogP contribution is -2.33. The van der Waals surface area contributed by atoms with E-state index in [4.69, 9.17) is 18.9 Å². The van der Waals surface area contributed by atoms with E-state index in [0.717, 1.165) is 11.1 Å². The Morgan fingerprint density at radius 2 is 1.19 bits per heavy atom. The average molecular weight is 499 g/mol. The quantitative estimate of drug-likeness (QED) is 0.263. The number of Topliss-reactive ketones (excluding diaryl/α,β-unsaturated/α-hetero) is 1. The molecule has 0 radical (unpaired) electrons. The Bertz CT molecular complexity index is 1250. The summed E-state index contributed by atoms with van der Waals surface area (Å²) < 4.78 is 22.6. The van der Waals surface area contributed by atoms with Gasteiger partial charge in [-0.2, -0.15) is 0 Å². The molecule has 4 aromatic carbocycles. The van der Waals surface area contributed by atoms with Gasteiger partial charge in [0.05, 0.1) is 26.9 Å². The van der Waals surface area contributed by atoms with E-state index < -0.39 is 24.1 Å². The molecule has 0 aliphatic carbocycles. The molecule has 0 amide bonds. The van der Waals surface area contributed by atoms with Crippen molar-refractivity contribution >= 4 is 5.78 Å². The van der Waals surface area contributed by atoms with Crippen LogP contribution in [0.25, 0.3) is 0 Å². The van der Waals surface area contributed by atoms with Crippen molar-refractivity contribution in [2.75, 3.05) is 21.3 Å². The normalized spacial score (nSPS) is 12.6. The number of ether oxygens (including phenoxy) is 4. The first-order valence-corrected chi connectivity index (χ1v) is 11.9. The van der Waals surface area contributed by atoms with Gasteiger partial charge < -0.3 is 24.1 Å². The van der Waals surface area contributed by atoms with Crippen LogP contribution in [0.5, 0.6) is 17.2 Å². The first-order chi connectivity index (χ1) is 18.0. The third kappa shape index (κ3) is 6.00. The third-order valence-corrected chi connectivity index (χ3v) is 6.16. The summed E-state index contributed by atoms with van der Waals surface area (Å²) in [6.45, 7) is 0. The number of hydrogen-bond acceptors (Lipinski definition) is 6. The van der Waals surface area contributed by atoms with Crippen LogP contribution in [0.2, 0.25) is 0 Å². The van der Waals surface area contributed by atoms with Crippen LogP contribution in [-0.4, -0.2) is 38.3 Å². The van der Waals surface area contributed by atoms with Crippen LogP contribution in [0.15, 0.2) is 103 Å². The molecule has 1 N–H and O–H groups in total.